The second-order valence-electron chi connectivity index (χ2n) is 2.18. The molecule has 0 bridgehead atoms. The third kappa shape index (κ3) is 8.05. The molecule has 1 nitrogen and oxygen atoms in total. The molecule has 0 amide bonds. The van der Waals surface area contributed by atoms with Crippen LogP contribution in [0, 0.1) is 0 Å². The van der Waals surface area contributed by atoms with Crippen molar-refractivity contribution in [3.8, 4) is 0 Å². The molecule has 0 aromatic carbocycles. The summed E-state index contributed by atoms with van der Waals surface area (Å²) in [5.41, 5.74) is 0. The highest BCUT2D eigenvalue weighted by molar-refractivity contribution is 9.21. The third-order valence-corrected chi connectivity index (χ3v) is 80.3. The van der Waals surface area contributed by atoms with E-state index in [4.69, 9.17) is 12.4 Å². The molecule has 0 N–H and O–H groups in total. The number of nitrogens with zero attached hydrogens (tertiary/aromatic N) is 1. The van der Waals surface area contributed by atoms with E-state index in [0.717, 1.165) is 7.96 Å². The summed E-state index contributed by atoms with van der Waals surface area (Å²) in [6.07, 6.45) is 0. The van der Waals surface area contributed by atoms with E-state index >= 15 is 0 Å². The van der Waals surface area contributed by atoms with E-state index in [2.05, 4.69) is 66.6 Å². The summed E-state index contributed by atoms with van der Waals surface area (Å²) in [6.45, 7) is -0.177. The summed E-state index contributed by atoms with van der Waals surface area (Å²) >= 11 is 5.11. The molecule has 0 rings (SSSR count). The van der Waals surface area contributed by atoms with Crippen LogP contribution in [0.3, 0.4) is 0 Å². The van der Waals surface area contributed by atoms with Crippen molar-refractivity contribution in [1.29, 1.82) is 0 Å². The van der Waals surface area contributed by atoms with Gasteiger partial charge in [-0.2, -0.15) is 4.13 Å². The van der Waals surface area contributed by atoms with Gasteiger partial charge in [-0.25, -0.2) is 0 Å². The molecule has 0 saturated carbocycles. The Morgan fingerprint density at radius 1 is 0.875 bits per heavy atom. The van der Waals surface area contributed by atoms with E-state index in [1.807, 2.05) is 0 Å². The predicted octanol–water partition coefficient (Wildman–Crippen LogP) is 8.22. The summed E-state index contributed by atoms with van der Waals surface area (Å²) in [7, 11) is 21.5. The van der Waals surface area contributed by atoms with Gasteiger partial charge < -0.3 is 0 Å². The molecule has 0 saturated heterocycles. The van der Waals surface area contributed by atoms with Crippen molar-refractivity contribution >= 4 is 125 Å². The first-order valence-electron chi connectivity index (χ1n) is 3.44. The minimum Gasteiger partial charge on any atom is -0.185 e. The Bertz CT molecular complexity index is 191. The summed E-state index contributed by atoms with van der Waals surface area (Å²) in [4.78, 5) is 0. The monoisotopic (exact) mass is 495 g/mol. The van der Waals surface area contributed by atoms with Crippen LogP contribution in [-0.2, 0) is 12.4 Å². The zero-order valence-electron chi connectivity index (χ0n) is 8.08. The smallest absolute Gasteiger partial charge is 0.0983 e. The van der Waals surface area contributed by atoms with Crippen molar-refractivity contribution in [3.63, 3.8) is 0 Å². The Kier molecular flexibility index (Phi) is 17.2. The fourth-order valence-corrected chi connectivity index (χ4v) is 122. The van der Waals surface area contributed by atoms with Crippen molar-refractivity contribution in [2.75, 3.05) is 0 Å². The van der Waals surface area contributed by atoms with Crippen LogP contribution in [0.2, 0.25) is 0 Å². The summed E-state index contributed by atoms with van der Waals surface area (Å²) < 4.78 is 4.39. The predicted molar refractivity (Wildman–Crippen MR) is 128 cm³/mol. The average molecular weight is 495 g/mol. The van der Waals surface area contributed by atoms with Gasteiger partial charge in [0.15, 0.2) is 0 Å². The van der Waals surface area contributed by atoms with Gasteiger partial charge in [-0.05, 0) is 21.0 Å². The minimum absolute atomic E-state index is 0.00189. The Balaban J connectivity index is 4.98. The van der Waals surface area contributed by atoms with Crippen LogP contribution in [-0.4, -0.2) is 0 Å². The van der Waals surface area contributed by atoms with Gasteiger partial charge in [-0.15, -0.1) is 62.5 Å². The van der Waals surface area contributed by atoms with E-state index in [9.17, 15) is 0 Å². The standard InChI is InChI=1S/H15NP14S/c2-9-14(11(3)4)10(1-16)15(12(5)6)13(7)8/h9H,2-8H2. The lowest BCUT2D eigenvalue weighted by molar-refractivity contribution is 2.10. The van der Waals surface area contributed by atoms with Crippen LogP contribution in [0.15, 0.2) is 4.13 Å². The maximum Gasteiger partial charge on any atom is 0.0983 e. The van der Waals surface area contributed by atoms with E-state index < -0.39 is 0 Å². The number of hydrogen-bond acceptors (Lipinski definition) is 2. The lowest BCUT2D eigenvalue weighted by Crippen LogP contribution is -1.54. The van der Waals surface area contributed by atoms with Crippen molar-refractivity contribution in [2.45, 2.75) is 0 Å². The molecule has 16 heteroatoms. The highest BCUT2D eigenvalue weighted by atomic mass is 33.2. The molecule has 10 unspecified atom stereocenters. The second-order valence-corrected chi connectivity index (χ2v) is 54.1. The van der Waals surface area contributed by atoms with Crippen molar-refractivity contribution in [3.05, 3.63) is 0 Å². The molecule has 96 valence electrons. The van der Waals surface area contributed by atoms with E-state index in [0.29, 0.717) is 0 Å². The van der Waals surface area contributed by atoms with Gasteiger partial charge in [0, 0.05) is 26.4 Å². The Morgan fingerprint density at radius 2 is 1.31 bits per heavy atom. The topological polar surface area (TPSA) is 12.4 Å². The number of hydrogen-bond donors (Lipinski definition) is 0. The van der Waals surface area contributed by atoms with Gasteiger partial charge in [0.1, 0.15) is 0 Å². The fourth-order valence-electron chi connectivity index (χ4n) is 0.658. The highest BCUT2D eigenvalue weighted by Gasteiger charge is 2.35. The molecule has 0 spiro atoms. The van der Waals surface area contributed by atoms with Crippen molar-refractivity contribution < 1.29 is 0 Å². The molecule has 16 heavy (non-hydrogen) atoms. The third-order valence-electron chi connectivity index (χ3n) is 1.15. The molecule has 0 aliphatic rings. The minimum atomic E-state index is -0.281. The van der Waals surface area contributed by atoms with E-state index in [1.165, 1.54) is 0 Å². The normalized spacial score (nSPS) is 16.9. The van der Waals surface area contributed by atoms with Gasteiger partial charge in [0.2, 0.25) is 0 Å². The van der Waals surface area contributed by atoms with Gasteiger partial charge in [-0.1, -0.05) is 7.96 Å². The van der Waals surface area contributed by atoms with Crippen molar-refractivity contribution in [1.82, 2.24) is 0 Å². The maximum atomic E-state index is 5.11. The molecule has 0 aromatic heterocycles. The van der Waals surface area contributed by atoms with E-state index in [-0.39, 0.29) is 42.4 Å². The Morgan fingerprint density at radius 3 is 1.50 bits per heavy atom. The SMILES string of the molecule is PPP(P(P)P)P(N=S)P(P(P)P)P(P)P. The molecule has 0 radical (unpaired) electrons. The fraction of sp³-hybridized carbons (Fsp3) is 0. The first kappa shape index (κ1) is 22.0. The molecule has 0 fully saturated rings. The number of rotatable bonds is 7. The van der Waals surface area contributed by atoms with Crippen LogP contribution in [0.4, 0.5) is 0 Å². The lowest BCUT2D eigenvalue weighted by atomic mass is 13.9. The molecule has 0 aliphatic heterocycles. The molecule has 0 aromatic rings. The molecule has 10 atom stereocenters. The first-order chi connectivity index (χ1) is 7.36. The lowest BCUT2D eigenvalue weighted by Gasteiger charge is -2.35. The molecule has 0 heterocycles. The highest BCUT2D eigenvalue weighted by Crippen LogP contribution is 3.19. The van der Waals surface area contributed by atoms with Gasteiger partial charge in [-0.3, -0.25) is 0 Å². The second kappa shape index (κ2) is 12.5. The van der Waals surface area contributed by atoms with Crippen LogP contribution in [0.25, 0.3) is 0 Å². The summed E-state index contributed by atoms with van der Waals surface area (Å²) in [5.74, 6) is 0. The van der Waals surface area contributed by atoms with Crippen LogP contribution in [0.5, 0.6) is 0 Å². The molecular weight excluding hydrogens is 480 g/mol. The quantitative estimate of drug-likeness (QED) is 0.325. The van der Waals surface area contributed by atoms with Gasteiger partial charge in [0.25, 0.3) is 0 Å². The maximum absolute atomic E-state index is 5.11. The zero-order chi connectivity index (χ0) is 12.9. The van der Waals surface area contributed by atoms with Crippen LogP contribution < -0.4 is 0 Å². The van der Waals surface area contributed by atoms with Crippen LogP contribution >= 0.6 is 113 Å². The van der Waals surface area contributed by atoms with E-state index in [1.54, 1.807) is 0 Å². The van der Waals surface area contributed by atoms with Crippen molar-refractivity contribution in [2.24, 2.45) is 4.13 Å². The zero-order valence-corrected chi connectivity index (χ0v) is 23.3. The molecular formula is H15NP14S. The Hall–Kier alpha value is 6.04. The summed E-state index contributed by atoms with van der Waals surface area (Å²) in [6, 6.07) is 0. The average Bonchev–Trinajstić information content (AvgIpc) is 2.15. The van der Waals surface area contributed by atoms with Gasteiger partial charge in [0.05, 0.1) is 7.45 Å². The van der Waals surface area contributed by atoms with Crippen LogP contribution in [0.1, 0.15) is 0 Å². The van der Waals surface area contributed by atoms with Gasteiger partial charge >= 0.3 is 0 Å². The largest absolute Gasteiger partial charge is 0.185 e. The molecule has 0 aliphatic carbocycles. The Labute approximate surface area is 128 Å². The first-order valence-corrected chi connectivity index (χ1v) is 28.7. The summed E-state index contributed by atoms with van der Waals surface area (Å²) in [5, 5.41) is 0.